The minimum atomic E-state index is 0.311. The van der Waals surface area contributed by atoms with Gasteiger partial charge < -0.3 is 9.47 Å². The molecule has 0 radical (unpaired) electrons. The first kappa shape index (κ1) is 7.43. The molecule has 0 saturated carbocycles. The van der Waals surface area contributed by atoms with Crippen LogP contribution in [0.15, 0.2) is 0 Å². The highest BCUT2D eigenvalue weighted by Crippen LogP contribution is 2.09. The van der Waals surface area contributed by atoms with E-state index in [9.17, 15) is 0 Å². The molecule has 1 rings (SSSR count). The van der Waals surface area contributed by atoms with Gasteiger partial charge in [0.05, 0.1) is 6.10 Å². The van der Waals surface area contributed by atoms with E-state index in [4.69, 9.17) is 9.47 Å². The molecule has 0 amide bonds. The van der Waals surface area contributed by atoms with Crippen molar-refractivity contribution in [1.29, 1.82) is 0 Å². The van der Waals surface area contributed by atoms with Gasteiger partial charge in [0.2, 0.25) is 0 Å². The lowest BCUT2D eigenvalue weighted by atomic mass is 10.2. The lowest BCUT2D eigenvalue weighted by Gasteiger charge is -2.24. The van der Waals surface area contributed by atoms with E-state index >= 15 is 0 Å². The predicted octanol–water partition coefficient (Wildman–Crippen LogP) is 1.16. The fourth-order valence-electron chi connectivity index (χ4n) is 0.674. The summed E-state index contributed by atoms with van der Waals surface area (Å²) in [7, 11) is 0. The zero-order valence-electron chi connectivity index (χ0n) is 6.22. The molecule has 2 nitrogen and oxygen atoms in total. The van der Waals surface area contributed by atoms with Crippen LogP contribution in [0.5, 0.6) is 0 Å². The maximum atomic E-state index is 5.12. The van der Waals surface area contributed by atoms with Crippen LogP contribution in [-0.2, 0) is 9.47 Å². The molecule has 1 unspecified atom stereocenters. The van der Waals surface area contributed by atoms with Gasteiger partial charge in [0.15, 0.2) is 0 Å². The highest BCUT2D eigenvalue weighted by Gasteiger charge is 2.17. The van der Waals surface area contributed by atoms with Crippen LogP contribution in [-0.4, -0.2) is 19.3 Å². The predicted molar refractivity (Wildman–Crippen MR) is 38.4 cm³/mol. The van der Waals surface area contributed by atoms with E-state index in [1.165, 1.54) is 0 Å². The highest BCUT2D eigenvalue weighted by atomic mass is 16.5. The maximum Gasteiger partial charge on any atom is 0.126 e. The highest BCUT2D eigenvalue weighted by molar-refractivity contribution is 4.89. The van der Waals surface area contributed by atoms with Crippen LogP contribution in [0.25, 0.3) is 0 Å². The van der Waals surface area contributed by atoms with Crippen molar-refractivity contribution in [3.8, 4) is 12.0 Å². The second kappa shape index (κ2) is 4.19. The zero-order chi connectivity index (χ0) is 7.23. The Kier molecular flexibility index (Phi) is 3.11. The number of rotatable bonds is 2. The number of ether oxygens (including phenoxy) is 2. The second-order valence-electron chi connectivity index (χ2n) is 2.22. The summed E-state index contributed by atoms with van der Waals surface area (Å²) in [5, 5.41) is 0. The van der Waals surface area contributed by atoms with Gasteiger partial charge in [0.1, 0.15) is 12.7 Å². The Morgan fingerprint density at radius 1 is 1.70 bits per heavy atom. The van der Waals surface area contributed by atoms with Crippen molar-refractivity contribution in [2.24, 2.45) is 0 Å². The van der Waals surface area contributed by atoms with Gasteiger partial charge in [0.25, 0.3) is 0 Å². The van der Waals surface area contributed by atoms with Crippen LogP contribution in [0.4, 0.5) is 0 Å². The molecule has 2 heteroatoms. The van der Waals surface area contributed by atoms with Crippen LogP contribution >= 0.6 is 0 Å². The van der Waals surface area contributed by atoms with Crippen LogP contribution in [0.2, 0.25) is 0 Å². The van der Waals surface area contributed by atoms with Crippen LogP contribution in [0.3, 0.4) is 0 Å². The minimum Gasteiger partial charge on any atom is -0.444 e. The van der Waals surface area contributed by atoms with Gasteiger partial charge in [-0.1, -0.05) is 12.8 Å². The second-order valence-corrected chi connectivity index (χ2v) is 2.22. The van der Waals surface area contributed by atoms with Crippen molar-refractivity contribution >= 4 is 0 Å². The largest absolute Gasteiger partial charge is 0.444 e. The minimum absolute atomic E-state index is 0.311. The molecule has 1 aliphatic rings. The molecule has 0 N–H and O–H groups in total. The van der Waals surface area contributed by atoms with Crippen molar-refractivity contribution in [2.45, 2.75) is 25.9 Å². The fraction of sp³-hybridized carbons (Fsp3) is 0.750. The molecule has 0 aromatic heterocycles. The van der Waals surface area contributed by atoms with E-state index < -0.39 is 0 Å². The Hall–Kier alpha value is -0.680. The smallest absolute Gasteiger partial charge is 0.126 e. The van der Waals surface area contributed by atoms with Gasteiger partial charge in [-0.2, -0.15) is 0 Å². The van der Waals surface area contributed by atoms with Crippen molar-refractivity contribution in [1.82, 2.24) is 0 Å². The molecule has 0 aliphatic carbocycles. The van der Waals surface area contributed by atoms with Crippen LogP contribution < -0.4 is 0 Å². The quantitative estimate of drug-likeness (QED) is 0.536. The summed E-state index contributed by atoms with van der Waals surface area (Å²) < 4.78 is 10.1. The summed E-state index contributed by atoms with van der Waals surface area (Å²) in [6.07, 6.45) is 4.89. The van der Waals surface area contributed by atoms with Crippen molar-refractivity contribution in [2.75, 3.05) is 13.2 Å². The Bertz CT molecular complexity index is 139. The standard InChI is InChI=1S/C8H12O2/c1-2-3-5-9-7-8-4-6-10-8/h8H,2,4,6-7H2,1H3. The summed E-state index contributed by atoms with van der Waals surface area (Å²) in [4.78, 5) is 0. The summed E-state index contributed by atoms with van der Waals surface area (Å²) in [6.45, 7) is 3.51. The molecule has 0 spiro atoms. The number of hydrogen-bond acceptors (Lipinski definition) is 2. The van der Waals surface area contributed by atoms with Gasteiger partial charge in [-0.3, -0.25) is 0 Å². The van der Waals surface area contributed by atoms with Gasteiger partial charge in [-0.15, -0.1) is 0 Å². The first-order chi connectivity index (χ1) is 4.93. The molecule has 1 aliphatic heterocycles. The van der Waals surface area contributed by atoms with E-state index in [0.29, 0.717) is 12.7 Å². The molecular weight excluding hydrogens is 128 g/mol. The molecule has 0 aromatic rings. The van der Waals surface area contributed by atoms with Gasteiger partial charge in [-0.05, 0) is 0 Å². The molecule has 1 fully saturated rings. The van der Waals surface area contributed by atoms with Gasteiger partial charge in [-0.25, -0.2) is 0 Å². The van der Waals surface area contributed by atoms with Crippen molar-refractivity contribution in [3.63, 3.8) is 0 Å². The SMILES string of the molecule is CCC#COCC1CCO1. The summed E-state index contributed by atoms with van der Waals surface area (Å²) in [6, 6.07) is 0. The third kappa shape index (κ3) is 2.28. The molecule has 1 atom stereocenters. The number of hydrogen-bond donors (Lipinski definition) is 0. The molecular formula is C8H12O2. The normalized spacial score (nSPS) is 22.3. The Labute approximate surface area is 61.5 Å². The van der Waals surface area contributed by atoms with Crippen molar-refractivity contribution < 1.29 is 9.47 Å². The third-order valence-corrected chi connectivity index (χ3v) is 1.38. The first-order valence-electron chi connectivity index (χ1n) is 3.64. The molecule has 56 valence electrons. The van der Waals surface area contributed by atoms with Gasteiger partial charge >= 0.3 is 0 Å². The Morgan fingerprint density at radius 2 is 2.50 bits per heavy atom. The zero-order valence-corrected chi connectivity index (χ0v) is 6.22. The van der Waals surface area contributed by atoms with E-state index in [1.54, 1.807) is 0 Å². The monoisotopic (exact) mass is 140 g/mol. The maximum absolute atomic E-state index is 5.12. The summed E-state index contributed by atoms with van der Waals surface area (Å²) in [5.74, 6) is 2.82. The molecule has 0 bridgehead atoms. The summed E-state index contributed by atoms with van der Waals surface area (Å²) in [5.41, 5.74) is 0. The van der Waals surface area contributed by atoms with E-state index in [-0.39, 0.29) is 0 Å². The lowest BCUT2D eigenvalue weighted by Crippen LogP contribution is -2.30. The average molecular weight is 140 g/mol. The summed E-state index contributed by atoms with van der Waals surface area (Å²) >= 11 is 0. The molecule has 1 heterocycles. The third-order valence-electron chi connectivity index (χ3n) is 1.38. The molecule has 0 aromatic carbocycles. The van der Waals surface area contributed by atoms with Crippen LogP contribution in [0.1, 0.15) is 19.8 Å². The molecule has 10 heavy (non-hydrogen) atoms. The Balaban J connectivity index is 1.94. The van der Waals surface area contributed by atoms with E-state index in [0.717, 1.165) is 19.4 Å². The Morgan fingerprint density at radius 3 is 3.00 bits per heavy atom. The van der Waals surface area contributed by atoms with E-state index in [2.05, 4.69) is 12.0 Å². The fourth-order valence-corrected chi connectivity index (χ4v) is 0.674. The van der Waals surface area contributed by atoms with Crippen molar-refractivity contribution in [3.05, 3.63) is 0 Å². The van der Waals surface area contributed by atoms with Gasteiger partial charge in [0, 0.05) is 19.4 Å². The first-order valence-corrected chi connectivity index (χ1v) is 3.64. The average Bonchev–Trinajstić information content (AvgIpc) is 1.84. The topological polar surface area (TPSA) is 18.5 Å². The molecule has 1 saturated heterocycles. The van der Waals surface area contributed by atoms with Crippen LogP contribution in [0, 0.1) is 12.0 Å². The lowest BCUT2D eigenvalue weighted by molar-refractivity contribution is -0.0770. The van der Waals surface area contributed by atoms with E-state index in [1.807, 2.05) is 6.92 Å².